The molecule has 0 saturated heterocycles. The van der Waals surface area contributed by atoms with Crippen LogP contribution in [0.2, 0.25) is 0 Å². The molecule has 1 aliphatic rings. The first-order valence-electron chi connectivity index (χ1n) is 7.09. The number of halogens is 1. The van der Waals surface area contributed by atoms with Gasteiger partial charge in [0.1, 0.15) is 22.6 Å². The molecule has 7 heteroatoms. The number of Topliss-reactive ketones (excluding diaryl/α,β-unsaturated/α-hetero) is 1. The molecule has 1 aromatic carbocycles. The highest BCUT2D eigenvalue weighted by Crippen LogP contribution is 2.43. The van der Waals surface area contributed by atoms with Crippen molar-refractivity contribution >= 4 is 23.5 Å². The van der Waals surface area contributed by atoms with Crippen molar-refractivity contribution in [2.45, 2.75) is 44.6 Å². The van der Waals surface area contributed by atoms with Crippen LogP contribution in [-0.4, -0.2) is 28.6 Å². The van der Waals surface area contributed by atoms with E-state index in [1.54, 1.807) is 20.8 Å². The molecule has 124 valence electrons. The van der Waals surface area contributed by atoms with Crippen LogP contribution in [0.25, 0.3) is 0 Å². The number of hydrogen-bond donors (Lipinski definition) is 2. The predicted molar refractivity (Wildman–Crippen MR) is 79.8 cm³/mol. The van der Waals surface area contributed by atoms with E-state index >= 15 is 0 Å². The minimum absolute atomic E-state index is 0.113. The molecule has 1 aromatic rings. The number of hydrogen-bond acceptors (Lipinski definition) is 4. The van der Waals surface area contributed by atoms with E-state index in [4.69, 9.17) is 4.74 Å². The summed E-state index contributed by atoms with van der Waals surface area (Å²) in [7, 11) is 0. The highest BCUT2D eigenvalue weighted by Gasteiger charge is 2.53. The second-order valence-electron chi connectivity index (χ2n) is 6.60. The highest BCUT2D eigenvalue weighted by molar-refractivity contribution is 6.01. The second-order valence-corrected chi connectivity index (χ2v) is 6.60. The van der Waals surface area contributed by atoms with E-state index in [1.807, 2.05) is 0 Å². The molecule has 2 rings (SSSR count). The van der Waals surface area contributed by atoms with Crippen LogP contribution in [0, 0.1) is 5.82 Å². The molecular weight excluding hydrogens is 305 g/mol. The van der Waals surface area contributed by atoms with E-state index in [-0.39, 0.29) is 29.9 Å². The molecule has 0 bridgehead atoms. The van der Waals surface area contributed by atoms with Gasteiger partial charge in [0.2, 0.25) is 0 Å². The largest absolute Gasteiger partial charge is 0.481 e. The SMILES string of the molecule is CC(C)(C)OC(=O)Nc1ccc(F)c(C2(C(=O)O)CC(=O)C2)c1. The Bertz CT molecular complexity index is 670. The molecule has 1 fully saturated rings. The minimum atomic E-state index is -1.56. The Morgan fingerprint density at radius 1 is 1.30 bits per heavy atom. The van der Waals surface area contributed by atoms with Gasteiger partial charge in [-0.05, 0) is 39.0 Å². The van der Waals surface area contributed by atoms with Crippen LogP contribution < -0.4 is 5.32 Å². The van der Waals surface area contributed by atoms with E-state index in [1.165, 1.54) is 12.1 Å². The van der Waals surface area contributed by atoms with Crippen LogP contribution in [0.1, 0.15) is 39.2 Å². The summed E-state index contributed by atoms with van der Waals surface area (Å²) in [4.78, 5) is 34.5. The van der Waals surface area contributed by atoms with Crippen molar-refractivity contribution in [3.05, 3.63) is 29.6 Å². The lowest BCUT2D eigenvalue weighted by molar-refractivity contribution is -0.153. The normalized spacial score (nSPS) is 16.4. The third-order valence-electron chi connectivity index (χ3n) is 3.53. The van der Waals surface area contributed by atoms with Crippen molar-refractivity contribution in [1.82, 2.24) is 0 Å². The van der Waals surface area contributed by atoms with Crippen LogP contribution in [0.4, 0.5) is 14.9 Å². The van der Waals surface area contributed by atoms with Gasteiger partial charge >= 0.3 is 12.1 Å². The minimum Gasteiger partial charge on any atom is -0.481 e. The fourth-order valence-corrected chi connectivity index (χ4v) is 2.47. The number of amides is 1. The van der Waals surface area contributed by atoms with Gasteiger partial charge in [0.05, 0.1) is 0 Å². The fourth-order valence-electron chi connectivity index (χ4n) is 2.47. The van der Waals surface area contributed by atoms with E-state index in [0.29, 0.717) is 0 Å². The Morgan fingerprint density at radius 2 is 1.91 bits per heavy atom. The van der Waals surface area contributed by atoms with Gasteiger partial charge in [-0.15, -0.1) is 0 Å². The number of benzene rings is 1. The van der Waals surface area contributed by atoms with Crippen molar-refractivity contribution in [1.29, 1.82) is 0 Å². The monoisotopic (exact) mass is 323 g/mol. The maximum atomic E-state index is 14.1. The molecule has 0 aromatic heterocycles. The number of carboxylic acid groups (broad SMARTS) is 1. The Kier molecular flexibility index (Phi) is 4.15. The van der Waals surface area contributed by atoms with E-state index in [9.17, 15) is 23.9 Å². The lowest BCUT2D eigenvalue weighted by atomic mass is 9.63. The number of aliphatic carboxylic acids is 1. The summed E-state index contributed by atoms with van der Waals surface area (Å²) in [5.74, 6) is -2.22. The summed E-state index contributed by atoms with van der Waals surface area (Å²) >= 11 is 0. The van der Waals surface area contributed by atoms with Crippen molar-refractivity contribution in [3.8, 4) is 0 Å². The maximum absolute atomic E-state index is 14.1. The number of anilines is 1. The highest BCUT2D eigenvalue weighted by atomic mass is 19.1. The average molecular weight is 323 g/mol. The third kappa shape index (κ3) is 3.49. The predicted octanol–water partition coefficient (Wildman–Crippen LogP) is 2.86. The van der Waals surface area contributed by atoms with Crippen LogP contribution in [0.15, 0.2) is 18.2 Å². The van der Waals surface area contributed by atoms with Crippen LogP contribution in [-0.2, 0) is 19.7 Å². The first kappa shape index (κ1) is 16.9. The number of carbonyl (C=O) groups is 3. The van der Waals surface area contributed by atoms with Crippen molar-refractivity contribution in [3.63, 3.8) is 0 Å². The quantitative estimate of drug-likeness (QED) is 0.892. The van der Waals surface area contributed by atoms with E-state index in [2.05, 4.69) is 5.32 Å². The molecule has 1 aliphatic carbocycles. The van der Waals surface area contributed by atoms with Gasteiger partial charge in [0, 0.05) is 24.1 Å². The smallest absolute Gasteiger partial charge is 0.412 e. The van der Waals surface area contributed by atoms with E-state index in [0.717, 1.165) is 6.07 Å². The molecule has 0 spiro atoms. The van der Waals surface area contributed by atoms with Crippen LogP contribution in [0.5, 0.6) is 0 Å². The standard InChI is InChI=1S/C16H18FNO5/c1-15(2,3)23-14(22)18-9-4-5-12(17)11(6-9)16(13(20)21)7-10(19)8-16/h4-6H,7-8H2,1-3H3,(H,18,22)(H,20,21). The molecule has 0 aliphatic heterocycles. The summed E-state index contributed by atoms with van der Waals surface area (Å²) in [6.45, 7) is 5.09. The molecular formula is C16H18FNO5. The van der Waals surface area contributed by atoms with Gasteiger partial charge in [0.15, 0.2) is 0 Å². The zero-order chi connectivity index (χ0) is 17.4. The Labute approximate surface area is 132 Å². The first-order valence-corrected chi connectivity index (χ1v) is 7.09. The molecule has 0 atom stereocenters. The fraction of sp³-hybridized carbons (Fsp3) is 0.438. The van der Waals surface area contributed by atoms with Gasteiger partial charge in [-0.1, -0.05) is 0 Å². The van der Waals surface area contributed by atoms with Crippen molar-refractivity contribution < 1.29 is 28.6 Å². The molecule has 1 saturated carbocycles. The maximum Gasteiger partial charge on any atom is 0.412 e. The number of carbonyl (C=O) groups excluding carboxylic acids is 2. The summed E-state index contributed by atoms with van der Waals surface area (Å²) in [6.07, 6.45) is -1.24. The zero-order valence-corrected chi connectivity index (χ0v) is 13.1. The molecule has 1 amide bonds. The van der Waals surface area contributed by atoms with E-state index < -0.39 is 28.9 Å². The molecule has 0 radical (unpaired) electrons. The van der Waals surface area contributed by atoms with Crippen LogP contribution in [0.3, 0.4) is 0 Å². The summed E-state index contributed by atoms with van der Waals surface area (Å²) in [6, 6.07) is 3.61. The van der Waals surface area contributed by atoms with Gasteiger partial charge in [0.25, 0.3) is 0 Å². The molecule has 6 nitrogen and oxygen atoms in total. The Morgan fingerprint density at radius 3 is 2.39 bits per heavy atom. The summed E-state index contributed by atoms with van der Waals surface area (Å²) in [5.41, 5.74) is -2.17. The first-order chi connectivity index (χ1) is 10.5. The number of ketones is 1. The molecule has 2 N–H and O–H groups in total. The second kappa shape index (κ2) is 5.64. The molecule has 23 heavy (non-hydrogen) atoms. The number of carboxylic acids is 1. The lowest BCUT2D eigenvalue weighted by Gasteiger charge is -2.36. The van der Waals surface area contributed by atoms with Gasteiger partial charge in [-0.3, -0.25) is 14.9 Å². The van der Waals surface area contributed by atoms with Crippen molar-refractivity contribution in [2.75, 3.05) is 5.32 Å². The topological polar surface area (TPSA) is 92.7 Å². The summed E-state index contributed by atoms with van der Waals surface area (Å²) in [5, 5.41) is 11.8. The Hall–Kier alpha value is -2.44. The summed E-state index contributed by atoms with van der Waals surface area (Å²) < 4.78 is 19.2. The average Bonchev–Trinajstić information content (AvgIpc) is 2.34. The van der Waals surface area contributed by atoms with Gasteiger partial charge in [-0.2, -0.15) is 0 Å². The number of ether oxygens (including phenoxy) is 1. The molecule has 0 heterocycles. The number of rotatable bonds is 3. The van der Waals surface area contributed by atoms with Crippen molar-refractivity contribution in [2.24, 2.45) is 0 Å². The Balaban J connectivity index is 2.28. The molecule has 0 unspecified atom stereocenters. The lowest BCUT2D eigenvalue weighted by Crippen LogP contribution is -2.48. The van der Waals surface area contributed by atoms with Gasteiger partial charge in [-0.25, -0.2) is 9.18 Å². The zero-order valence-electron chi connectivity index (χ0n) is 13.1. The van der Waals surface area contributed by atoms with Crippen LogP contribution >= 0.6 is 0 Å². The third-order valence-corrected chi connectivity index (χ3v) is 3.53. The number of nitrogens with one attached hydrogen (secondary N) is 1. The van der Waals surface area contributed by atoms with Gasteiger partial charge < -0.3 is 9.84 Å².